The van der Waals surface area contributed by atoms with E-state index in [1.807, 2.05) is 42.4 Å². The highest BCUT2D eigenvalue weighted by Crippen LogP contribution is 2.30. The molecule has 0 fully saturated rings. The Morgan fingerprint density at radius 1 is 1.25 bits per heavy atom. The molecule has 28 heavy (non-hydrogen) atoms. The Morgan fingerprint density at radius 2 is 2.00 bits per heavy atom. The number of ether oxygens (including phenoxy) is 1. The molecule has 0 bridgehead atoms. The van der Waals surface area contributed by atoms with Crippen LogP contribution in [0.15, 0.2) is 47.4 Å². The molecular formula is C23H29NO3S. The molecule has 2 atom stereocenters. The minimum atomic E-state index is -1.28. The van der Waals surface area contributed by atoms with E-state index in [1.165, 1.54) is 0 Å². The number of benzene rings is 2. The highest BCUT2D eigenvalue weighted by Gasteiger charge is 2.28. The molecule has 2 aromatic rings. The van der Waals surface area contributed by atoms with Gasteiger partial charge in [-0.3, -0.25) is 0 Å². The normalized spacial score (nSPS) is 20.1. The first-order chi connectivity index (χ1) is 13.3. The van der Waals surface area contributed by atoms with Crippen LogP contribution in [0.25, 0.3) is 0 Å². The van der Waals surface area contributed by atoms with Crippen LogP contribution in [0.1, 0.15) is 43.9 Å². The van der Waals surface area contributed by atoms with Gasteiger partial charge in [0.05, 0.1) is 4.90 Å². The predicted octanol–water partition coefficient (Wildman–Crippen LogP) is 4.46. The molecule has 0 saturated carbocycles. The second kappa shape index (κ2) is 8.58. The van der Waals surface area contributed by atoms with Crippen molar-refractivity contribution in [2.45, 2.75) is 58.1 Å². The van der Waals surface area contributed by atoms with Crippen molar-refractivity contribution in [3.63, 3.8) is 0 Å². The quantitative estimate of drug-likeness (QED) is 0.674. The molecule has 0 aromatic heterocycles. The number of aldehydes is 1. The Hall–Kier alpha value is -1.98. The van der Waals surface area contributed by atoms with E-state index in [9.17, 15) is 9.00 Å². The number of nitrogens with zero attached hydrogens (tertiary/aromatic N) is 1. The van der Waals surface area contributed by atoms with Gasteiger partial charge in [0.15, 0.2) is 0 Å². The second-order valence-electron chi connectivity index (χ2n) is 8.21. The van der Waals surface area contributed by atoms with Gasteiger partial charge in [-0.05, 0) is 48.6 Å². The molecule has 0 saturated heterocycles. The van der Waals surface area contributed by atoms with Gasteiger partial charge in [0.1, 0.15) is 29.1 Å². The van der Waals surface area contributed by atoms with Gasteiger partial charge in [-0.1, -0.05) is 51.1 Å². The predicted molar refractivity (Wildman–Crippen MR) is 113 cm³/mol. The fraction of sp³-hybridized carbons (Fsp3) is 0.435. The number of para-hydroxylation sites is 1. The molecule has 1 heterocycles. The maximum Gasteiger partial charge on any atom is 0.137 e. The van der Waals surface area contributed by atoms with Gasteiger partial charge in [0, 0.05) is 18.5 Å². The van der Waals surface area contributed by atoms with E-state index in [2.05, 4.69) is 32.0 Å². The highest BCUT2D eigenvalue weighted by atomic mass is 32.2. The lowest BCUT2D eigenvalue weighted by Gasteiger charge is -2.23. The highest BCUT2D eigenvalue weighted by molar-refractivity contribution is 7.82. The van der Waals surface area contributed by atoms with Gasteiger partial charge in [-0.2, -0.15) is 0 Å². The van der Waals surface area contributed by atoms with Crippen molar-refractivity contribution in [3.05, 3.63) is 59.2 Å². The van der Waals surface area contributed by atoms with Crippen molar-refractivity contribution >= 4 is 17.3 Å². The van der Waals surface area contributed by atoms with Gasteiger partial charge in [-0.15, -0.1) is 0 Å². The molecule has 0 amide bonds. The van der Waals surface area contributed by atoms with Crippen LogP contribution in [0.2, 0.25) is 0 Å². The van der Waals surface area contributed by atoms with E-state index < -0.39 is 16.4 Å². The molecule has 5 heteroatoms. The lowest BCUT2D eigenvalue weighted by atomic mass is 9.86. The largest absolute Gasteiger partial charge is 0.488 e. The third kappa shape index (κ3) is 4.70. The first kappa shape index (κ1) is 20.7. The van der Waals surface area contributed by atoms with Crippen LogP contribution in [0.3, 0.4) is 0 Å². The summed E-state index contributed by atoms with van der Waals surface area (Å²) in [7, 11) is -1.28. The van der Waals surface area contributed by atoms with Crippen LogP contribution in [-0.2, 0) is 28.7 Å². The maximum absolute atomic E-state index is 13.3. The second-order valence-corrected chi connectivity index (χ2v) is 9.67. The number of carbonyl (C=O) groups excluding carboxylic acids is 1. The molecule has 0 N–H and O–H groups in total. The maximum atomic E-state index is 13.3. The van der Waals surface area contributed by atoms with Crippen molar-refractivity contribution in [1.29, 1.82) is 0 Å². The molecule has 0 spiro atoms. The van der Waals surface area contributed by atoms with Crippen molar-refractivity contribution in [3.8, 4) is 5.75 Å². The van der Waals surface area contributed by atoms with Gasteiger partial charge in [0.2, 0.25) is 0 Å². The Labute approximate surface area is 170 Å². The van der Waals surface area contributed by atoms with E-state index in [1.54, 1.807) is 0 Å². The molecule has 1 aliphatic rings. The van der Waals surface area contributed by atoms with Gasteiger partial charge < -0.3 is 9.53 Å². The number of carbonyl (C=O) groups is 1. The summed E-state index contributed by atoms with van der Waals surface area (Å²) in [6.45, 7) is 9.26. The standard InChI is InChI=1S/C23H29NO3S/c1-5-20-15-24(28(26)22-9-7-6-8-21(22)27-20)14-19-12-18(11-10-17(19)2)13-23(3,4)16-25/h6-12,16,20H,5,13-15H2,1-4H3/t20-,28?/m1/s1. The van der Waals surface area contributed by atoms with Gasteiger partial charge in [0.25, 0.3) is 0 Å². The molecule has 1 unspecified atom stereocenters. The Kier molecular flexibility index (Phi) is 6.36. The van der Waals surface area contributed by atoms with E-state index in [-0.39, 0.29) is 6.10 Å². The van der Waals surface area contributed by atoms with Crippen molar-refractivity contribution in [2.75, 3.05) is 6.54 Å². The fourth-order valence-corrected chi connectivity index (χ4v) is 4.76. The zero-order valence-electron chi connectivity index (χ0n) is 17.1. The van der Waals surface area contributed by atoms with Crippen LogP contribution in [-0.4, -0.2) is 27.4 Å². The third-order valence-corrected chi connectivity index (χ3v) is 6.63. The van der Waals surface area contributed by atoms with Gasteiger partial charge in [-0.25, -0.2) is 8.51 Å². The molecule has 150 valence electrons. The zero-order chi connectivity index (χ0) is 20.3. The van der Waals surface area contributed by atoms with Crippen molar-refractivity contribution in [1.82, 2.24) is 4.31 Å². The molecule has 0 radical (unpaired) electrons. The molecule has 4 nitrogen and oxygen atoms in total. The molecule has 2 aromatic carbocycles. The minimum absolute atomic E-state index is 0.00471. The van der Waals surface area contributed by atoms with E-state index in [0.717, 1.165) is 34.3 Å². The van der Waals surface area contributed by atoms with Crippen LogP contribution >= 0.6 is 0 Å². The summed E-state index contributed by atoms with van der Waals surface area (Å²) in [5, 5.41) is 0. The SMILES string of the molecule is CC[C@@H]1CN(Cc2cc(CC(C)(C)C=O)ccc2C)S(=O)c2ccccc2O1. The molecular weight excluding hydrogens is 370 g/mol. The lowest BCUT2D eigenvalue weighted by Crippen LogP contribution is -2.33. The Balaban J connectivity index is 1.89. The first-order valence-electron chi connectivity index (χ1n) is 9.80. The first-order valence-corrected chi connectivity index (χ1v) is 10.9. The summed E-state index contributed by atoms with van der Waals surface area (Å²) in [5.74, 6) is 0.716. The zero-order valence-corrected chi connectivity index (χ0v) is 17.9. The Morgan fingerprint density at radius 3 is 2.71 bits per heavy atom. The van der Waals surface area contributed by atoms with E-state index in [4.69, 9.17) is 4.74 Å². The molecule has 1 aliphatic heterocycles. The minimum Gasteiger partial charge on any atom is -0.488 e. The van der Waals surface area contributed by atoms with Crippen LogP contribution in [0, 0.1) is 12.3 Å². The monoisotopic (exact) mass is 399 g/mol. The summed E-state index contributed by atoms with van der Waals surface area (Å²) >= 11 is 0. The average molecular weight is 400 g/mol. The van der Waals surface area contributed by atoms with Crippen LogP contribution < -0.4 is 4.74 Å². The molecule has 0 aliphatic carbocycles. The molecule has 3 rings (SSSR count). The summed E-state index contributed by atoms with van der Waals surface area (Å²) in [4.78, 5) is 12.0. The smallest absolute Gasteiger partial charge is 0.137 e. The third-order valence-electron chi connectivity index (χ3n) is 5.17. The summed E-state index contributed by atoms with van der Waals surface area (Å²) in [6.07, 6.45) is 2.56. The summed E-state index contributed by atoms with van der Waals surface area (Å²) in [6, 6.07) is 13.9. The average Bonchev–Trinajstić information content (AvgIpc) is 2.81. The lowest BCUT2D eigenvalue weighted by molar-refractivity contribution is -0.114. The summed E-state index contributed by atoms with van der Waals surface area (Å²) in [5.41, 5.74) is 3.04. The number of rotatable bonds is 6. The van der Waals surface area contributed by atoms with E-state index >= 15 is 0 Å². The number of hydrogen-bond donors (Lipinski definition) is 0. The number of hydrogen-bond acceptors (Lipinski definition) is 3. The fourth-order valence-electron chi connectivity index (χ4n) is 3.44. The number of fused-ring (bicyclic) bond motifs is 1. The van der Waals surface area contributed by atoms with Crippen LogP contribution in [0.5, 0.6) is 5.75 Å². The topological polar surface area (TPSA) is 46.6 Å². The Bertz CT molecular complexity index is 878. The summed E-state index contributed by atoms with van der Waals surface area (Å²) < 4.78 is 21.4. The van der Waals surface area contributed by atoms with Crippen LogP contribution in [0.4, 0.5) is 0 Å². The van der Waals surface area contributed by atoms with Crippen molar-refractivity contribution < 1.29 is 13.7 Å². The van der Waals surface area contributed by atoms with Crippen molar-refractivity contribution in [2.24, 2.45) is 5.41 Å². The number of aryl methyl sites for hydroxylation is 1. The van der Waals surface area contributed by atoms with E-state index in [0.29, 0.717) is 25.3 Å². The van der Waals surface area contributed by atoms with Gasteiger partial charge >= 0.3 is 0 Å².